The van der Waals surface area contributed by atoms with Gasteiger partial charge in [-0.25, -0.2) is 0 Å². The van der Waals surface area contributed by atoms with Crippen LogP contribution in [0.1, 0.15) is 27.7 Å². The molecule has 2 heterocycles. The van der Waals surface area contributed by atoms with Crippen molar-refractivity contribution in [2.45, 2.75) is 27.3 Å². The Labute approximate surface area is 159 Å². The van der Waals surface area contributed by atoms with Gasteiger partial charge in [0.2, 0.25) is 0 Å². The van der Waals surface area contributed by atoms with Crippen molar-refractivity contribution in [3.8, 4) is 0 Å². The number of hydrogen-bond acceptors (Lipinski definition) is 4. The molecule has 3 aromatic rings. The summed E-state index contributed by atoms with van der Waals surface area (Å²) in [6.45, 7) is 8.05. The van der Waals surface area contributed by atoms with Gasteiger partial charge in [-0.2, -0.15) is 4.99 Å². The Balaban J connectivity index is 2.12. The molecule has 0 aliphatic carbocycles. The Morgan fingerprint density at radius 1 is 1.28 bits per heavy atom. The van der Waals surface area contributed by atoms with Crippen molar-refractivity contribution < 1.29 is 9.53 Å². The maximum absolute atomic E-state index is 12.5. The smallest absolute Gasteiger partial charge is 0.289 e. The minimum Gasteiger partial charge on any atom is -0.380 e. The molecule has 0 aliphatic heterocycles. The molecule has 7 heteroatoms. The van der Waals surface area contributed by atoms with Gasteiger partial charge in [0.25, 0.3) is 5.91 Å². The third-order valence-corrected chi connectivity index (χ3v) is 6.00. The first kappa shape index (κ1) is 18.3. The van der Waals surface area contributed by atoms with E-state index in [1.54, 1.807) is 12.1 Å². The predicted octanol–water partition coefficient (Wildman–Crippen LogP) is 4.81. The number of thiazole rings is 1. The Hall–Kier alpha value is -1.47. The van der Waals surface area contributed by atoms with Crippen LogP contribution >= 0.6 is 34.3 Å². The standard InChI is InChI=1S/C18H19ClN2O2S2/c1-4-23-8-7-21-16-12(3)9-11(2)10-14(16)25-18(21)20-17(22)13-5-6-15(19)24-13/h5-6,9-10H,4,7-8H2,1-3H3. The van der Waals surface area contributed by atoms with E-state index in [4.69, 9.17) is 16.3 Å². The van der Waals surface area contributed by atoms with Gasteiger partial charge < -0.3 is 9.30 Å². The Kier molecular flexibility index (Phi) is 5.74. The number of fused-ring (bicyclic) bond motifs is 1. The van der Waals surface area contributed by atoms with Crippen molar-refractivity contribution in [1.29, 1.82) is 0 Å². The Morgan fingerprint density at radius 2 is 2.08 bits per heavy atom. The predicted molar refractivity (Wildman–Crippen MR) is 105 cm³/mol. The molecule has 0 unspecified atom stereocenters. The number of carbonyl (C=O) groups excluding carboxylic acids is 1. The molecular formula is C18H19ClN2O2S2. The fourth-order valence-corrected chi connectivity index (χ4v) is 4.91. The summed E-state index contributed by atoms with van der Waals surface area (Å²) in [5.74, 6) is -0.261. The van der Waals surface area contributed by atoms with Crippen LogP contribution in [0.15, 0.2) is 29.3 Å². The first-order chi connectivity index (χ1) is 12.0. The SMILES string of the molecule is CCOCCn1c(=NC(=O)c2ccc(Cl)s2)sc2cc(C)cc(C)c21. The second kappa shape index (κ2) is 7.83. The molecule has 132 valence electrons. The molecule has 1 aromatic carbocycles. The molecule has 0 N–H and O–H groups in total. The van der Waals surface area contributed by atoms with E-state index in [0.717, 1.165) is 10.2 Å². The number of amides is 1. The summed E-state index contributed by atoms with van der Waals surface area (Å²) in [7, 11) is 0. The highest BCUT2D eigenvalue weighted by Crippen LogP contribution is 2.24. The van der Waals surface area contributed by atoms with Crippen LogP contribution in [-0.4, -0.2) is 23.7 Å². The van der Waals surface area contributed by atoms with E-state index in [-0.39, 0.29) is 5.91 Å². The molecule has 0 bridgehead atoms. The lowest BCUT2D eigenvalue weighted by Crippen LogP contribution is -2.20. The van der Waals surface area contributed by atoms with Crippen LogP contribution in [0.3, 0.4) is 0 Å². The highest BCUT2D eigenvalue weighted by molar-refractivity contribution is 7.18. The van der Waals surface area contributed by atoms with E-state index >= 15 is 0 Å². The fraction of sp³-hybridized carbons (Fsp3) is 0.333. The summed E-state index contributed by atoms with van der Waals surface area (Å²) in [6, 6.07) is 7.72. The van der Waals surface area contributed by atoms with Gasteiger partial charge >= 0.3 is 0 Å². The highest BCUT2D eigenvalue weighted by atomic mass is 35.5. The van der Waals surface area contributed by atoms with E-state index in [9.17, 15) is 4.79 Å². The normalized spacial score (nSPS) is 12.2. The molecule has 0 fully saturated rings. The summed E-state index contributed by atoms with van der Waals surface area (Å²) >= 11 is 8.71. The molecule has 0 saturated carbocycles. The minimum atomic E-state index is -0.261. The van der Waals surface area contributed by atoms with Crippen LogP contribution in [0.4, 0.5) is 0 Å². The van der Waals surface area contributed by atoms with E-state index in [1.807, 2.05) is 6.92 Å². The van der Waals surface area contributed by atoms with Crippen LogP contribution in [0.25, 0.3) is 10.2 Å². The molecule has 25 heavy (non-hydrogen) atoms. The van der Waals surface area contributed by atoms with Crippen LogP contribution in [0.2, 0.25) is 4.34 Å². The number of carbonyl (C=O) groups is 1. The number of aryl methyl sites for hydroxylation is 2. The molecule has 2 aromatic heterocycles. The number of halogens is 1. The molecule has 0 radical (unpaired) electrons. The average Bonchev–Trinajstić information content (AvgIpc) is 3.12. The number of thiophene rings is 1. The van der Waals surface area contributed by atoms with Crippen LogP contribution < -0.4 is 4.80 Å². The van der Waals surface area contributed by atoms with Gasteiger partial charge in [0.15, 0.2) is 4.80 Å². The van der Waals surface area contributed by atoms with Gasteiger partial charge in [-0.3, -0.25) is 4.79 Å². The number of benzene rings is 1. The number of rotatable bonds is 5. The fourth-order valence-electron chi connectivity index (χ4n) is 2.76. The topological polar surface area (TPSA) is 43.6 Å². The number of aromatic nitrogens is 1. The van der Waals surface area contributed by atoms with Crippen LogP contribution in [-0.2, 0) is 11.3 Å². The van der Waals surface area contributed by atoms with Gasteiger partial charge in [0.05, 0.1) is 26.0 Å². The highest BCUT2D eigenvalue weighted by Gasteiger charge is 2.13. The Morgan fingerprint density at radius 3 is 2.76 bits per heavy atom. The zero-order valence-corrected chi connectivity index (χ0v) is 16.7. The third kappa shape index (κ3) is 4.03. The minimum absolute atomic E-state index is 0.261. The molecule has 0 atom stereocenters. The first-order valence-electron chi connectivity index (χ1n) is 8.02. The van der Waals surface area contributed by atoms with Gasteiger partial charge in [-0.05, 0) is 50.1 Å². The number of nitrogens with zero attached hydrogens (tertiary/aromatic N) is 2. The van der Waals surface area contributed by atoms with E-state index in [0.29, 0.717) is 33.8 Å². The zero-order chi connectivity index (χ0) is 18.0. The van der Waals surface area contributed by atoms with E-state index in [2.05, 4.69) is 35.5 Å². The molecule has 0 spiro atoms. The zero-order valence-electron chi connectivity index (χ0n) is 14.3. The van der Waals surface area contributed by atoms with Crippen molar-refractivity contribution in [1.82, 2.24) is 4.57 Å². The lowest BCUT2D eigenvalue weighted by atomic mass is 10.1. The van der Waals surface area contributed by atoms with Crippen molar-refractivity contribution in [3.05, 3.63) is 49.4 Å². The third-order valence-electron chi connectivity index (χ3n) is 3.76. The number of hydrogen-bond donors (Lipinski definition) is 0. The van der Waals surface area contributed by atoms with Crippen molar-refractivity contribution in [3.63, 3.8) is 0 Å². The molecule has 4 nitrogen and oxygen atoms in total. The summed E-state index contributed by atoms with van der Waals surface area (Å²) in [5, 5.41) is 0. The van der Waals surface area contributed by atoms with Gasteiger partial charge in [-0.15, -0.1) is 11.3 Å². The van der Waals surface area contributed by atoms with Crippen molar-refractivity contribution in [2.24, 2.45) is 4.99 Å². The second-order valence-electron chi connectivity index (χ2n) is 5.68. The van der Waals surface area contributed by atoms with Crippen LogP contribution in [0.5, 0.6) is 0 Å². The summed E-state index contributed by atoms with van der Waals surface area (Å²) < 4.78 is 9.31. The van der Waals surface area contributed by atoms with Crippen molar-refractivity contribution in [2.75, 3.05) is 13.2 Å². The van der Waals surface area contributed by atoms with E-state index in [1.165, 1.54) is 33.8 Å². The molecule has 0 aliphatic rings. The maximum Gasteiger partial charge on any atom is 0.289 e. The van der Waals surface area contributed by atoms with Crippen LogP contribution in [0, 0.1) is 13.8 Å². The van der Waals surface area contributed by atoms with E-state index < -0.39 is 0 Å². The largest absolute Gasteiger partial charge is 0.380 e. The quantitative estimate of drug-likeness (QED) is 0.582. The van der Waals surface area contributed by atoms with Gasteiger partial charge in [-0.1, -0.05) is 29.0 Å². The maximum atomic E-state index is 12.5. The van der Waals surface area contributed by atoms with Gasteiger partial charge in [0.1, 0.15) is 0 Å². The summed E-state index contributed by atoms with van der Waals surface area (Å²) in [6.07, 6.45) is 0. The summed E-state index contributed by atoms with van der Waals surface area (Å²) in [4.78, 5) is 18.1. The molecule has 0 saturated heterocycles. The second-order valence-corrected chi connectivity index (χ2v) is 8.41. The molecular weight excluding hydrogens is 376 g/mol. The first-order valence-corrected chi connectivity index (χ1v) is 10.0. The average molecular weight is 395 g/mol. The van der Waals surface area contributed by atoms with Crippen molar-refractivity contribution >= 4 is 50.4 Å². The molecule has 1 amide bonds. The monoisotopic (exact) mass is 394 g/mol. The lowest BCUT2D eigenvalue weighted by molar-refractivity contribution is 0.100. The summed E-state index contributed by atoms with van der Waals surface area (Å²) in [5.41, 5.74) is 3.49. The van der Waals surface area contributed by atoms with Gasteiger partial charge in [0, 0.05) is 13.2 Å². The number of ether oxygens (including phenoxy) is 1. The lowest BCUT2D eigenvalue weighted by Gasteiger charge is -2.08. The Bertz CT molecular complexity index is 985. The molecule has 3 rings (SSSR count).